The molecule has 0 aliphatic carbocycles. The molecule has 100 valence electrons. The number of hydrogen-bond donors (Lipinski definition) is 1. The lowest BCUT2D eigenvalue weighted by Crippen LogP contribution is -2.29. The van der Waals surface area contributed by atoms with Gasteiger partial charge in [0.15, 0.2) is 0 Å². The minimum atomic E-state index is -0.282. The van der Waals surface area contributed by atoms with Gasteiger partial charge >= 0.3 is 0 Å². The highest BCUT2D eigenvalue weighted by molar-refractivity contribution is 6.29. The van der Waals surface area contributed by atoms with Crippen molar-refractivity contribution in [2.75, 3.05) is 40.4 Å². The molecule has 0 spiro atoms. The van der Waals surface area contributed by atoms with E-state index < -0.39 is 0 Å². The number of aromatic nitrogens is 2. The second kappa shape index (κ2) is 7.97. The van der Waals surface area contributed by atoms with E-state index in [9.17, 15) is 4.79 Å². The molecule has 0 fully saturated rings. The summed E-state index contributed by atoms with van der Waals surface area (Å²) in [4.78, 5) is 21.3. The number of carbonyl (C=O) groups is 1. The van der Waals surface area contributed by atoms with Gasteiger partial charge in [-0.3, -0.25) is 4.79 Å². The van der Waals surface area contributed by atoms with Crippen LogP contribution >= 0.6 is 11.6 Å². The van der Waals surface area contributed by atoms with Gasteiger partial charge in [0, 0.05) is 13.1 Å². The molecule has 0 radical (unpaired) electrons. The number of nitrogens with one attached hydrogen (secondary N) is 1. The Kier molecular flexibility index (Phi) is 6.56. The summed E-state index contributed by atoms with van der Waals surface area (Å²) in [5.41, 5.74) is 0.243. The molecule has 0 unspecified atom stereocenters. The van der Waals surface area contributed by atoms with Gasteiger partial charge in [-0.2, -0.15) is 0 Å². The second-order valence-corrected chi connectivity index (χ2v) is 4.28. The highest BCUT2D eigenvalue weighted by atomic mass is 35.5. The molecule has 0 aromatic carbocycles. The van der Waals surface area contributed by atoms with E-state index in [2.05, 4.69) is 15.3 Å². The predicted molar refractivity (Wildman–Crippen MR) is 68.7 cm³/mol. The maximum atomic E-state index is 11.6. The van der Waals surface area contributed by atoms with Gasteiger partial charge in [-0.15, -0.1) is 0 Å². The summed E-state index contributed by atoms with van der Waals surface area (Å²) in [5.74, 6) is -0.282. The van der Waals surface area contributed by atoms with Crippen LogP contribution in [0.4, 0.5) is 0 Å². The molecule has 0 aliphatic heterocycles. The van der Waals surface area contributed by atoms with E-state index in [0.717, 1.165) is 6.54 Å². The van der Waals surface area contributed by atoms with Gasteiger partial charge in [0.1, 0.15) is 10.8 Å². The number of rotatable bonds is 7. The van der Waals surface area contributed by atoms with Crippen LogP contribution in [0.3, 0.4) is 0 Å². The van der Waals surface area contributed by atoms with Crippen molar-refractivity contribution >= 4 is 17.5 Å². The summed E-state index contributed by atoms with van der Waals surface area (Å²) < 4.78 is 5.34. The maximum Gasteiger partial charge on any atom is 0.271 e. The van der Waals surface area contributed by atoms with Gasteiger partial charge in [0.05, 0.1) is 25.6 Å². The number of halogens is 1. The number of likely N-dealkylation sites (N-methyl/N-ethyl adjacent to an activating group) is 1. The Morgan fingerprint density at radius 1 is 1.39 bits per heavy atom. The fourth-order valence-electron chi connectivity index (χ4n) is 1.11. The molecule has 1 amide bonds. The van der Waals surface area contributed by atoms with Crippen molar-refractivity contribution in [1.82, 2.24) is 20.2 Å². The zero-order chi connectivity index (χ0) is 13.4. The van der Waals surface area contributed by atoms with Crippen molar-refractivity contribution in [2.45, 2.75) is 0 Å². The number of carbonyl (C=O) groups excluding carboxylic acids is 1. The van der Waals surface area contributed by atoms with Crippen molar-refractivity contribution in [1.29, 1.82) is 0 Å². The number of hydrogen-bond acceptors (Lipinski definition) is 5. The van der Waals surface area contributed by atoms with Crippen molar-refractivity contribution in [3.63, 3.8) is 0 Å². The lowest BCUT2D eigenvalue weighted by atomic mass is 10.4. The molecule has 0 saturated carbocycles. The molecule has 0 saturated heterocycles. The molecule has 1 rings (SSSR count). The molecule has 1 heterocycles. The topological polar surface area (TPSA) is 67.3 Å². The second-order valence-electron chi connectivity index (χ2n) is 3.90. The molecular weight excluding hydrogens is 256 g/mol. The van der Waals surface area contributed by atoms with Crippen molar-refractivity contribution in [2.24, 2.45) is 0 Å². The SMILES string of the molecule is CN(C)CCOCCNC(=O)c1cnc(Cl)cn1. The number of nitrogens with zero attached hydrogens (tertiary/aromatic N) is 3. The van der Waals surface area contributed by atoms with Crippen LogP contribution in [0.2, 0.25) is 5.15 Å². The Bertz CT molecular complexity index is 370. The zero-order valence-electron chi connectivity index (χ0n) is 10.5. The third-order valence-corrected chi connectivity index (χ3v) is 2.26. The first-order valence-corrected chi connectivity index (χ1v) is 5.95. The van der Waals surface area contributed by atoms with Crippen molar-refractivity contribution in [3.8, 4) is 0 Å². The molecule has 6 nitrogen and oxygen atoms in total. The molecule has 1 aromatic rings. The summed E-state index contributed by atoms with van der Waals surface area (Å²) in [6.45, 7) is 2.41. The van der Waals surface area contributed by atoms with Crippen LogP contribution in [0.25, 0.3) is 0 Å². The molecule has 0 aliphatic rings. The lowest BCUT2D eigenvalue weighted by molar-refractivity contribution is 0.0895. The van der Waals surface area contributed by atoms with E-state index in [-0.39, 0.29) is 16.8 Å². The van der Waals surface area contributed by atoms with Gasteiger partial charge in [-0.1, -0.05) is 11.6 Å². The highest BCUT2D eigenvalue weighted by Crippen LogP contribution is 2.00. The maximum absolute atomic E-state index is 11.6. The smallest absolute Gasteiger partial charge is 0.271 e. The number of ether oxygens (including phenoxy) is 1. The Morgan fingerprint density at radius 3 is 2.78 bits per heavy atom. The van der Waals surface area contributed by atoms with E-state index in [4.69, 9.17) is 16.3 Å². The van der Waals surface area contributed by atoms with Crippen LogP contribution in [-0.2, 0) is 4.74 Å². The third kappa shape index (κ3) is 5.90. The quantitative estimate of drug-likeness (QED) is 0.730. The Balaban J connectivity index is 2.16. The average Bonchev–Trinajstić information content (AvgIpc) is 2.34. The average molecular weight is 273 g/mol. The monoisotopic (exact) mass is 272 g/mol. The summed E-state index contributed by atoms with van der Waals surface area (Å²) in [6.07, 6.45) is 2.68. The first-order valence-electron chi connectivity index (χ1n) is 5.58. The number of amides is 1. The van der Waals surface area contributed by atoms with Gasteiger partial charge in [-0.25, -0.2) is 9.97 Å². The fraction of sp³-hybridized carbons (Fsp3) is 0.545. The predicted octanol–water partition coefficient (Wildman–Crippen LogP) is 0.438. The first kappa shape index (κ1) is 14.8. The van der Waals surface area contributed by atoms with Gasteiger partial charge in [0.25, 0.3) is 5.91 Å². The highest BCUT2D eigenvalue weighted by Gasteiger charge is 2.06. The van der Waals surface area contributed by atoms with Crippen molar-refractivity contribution in [3.05, 3.63) is 23.2 Å². The molecule has 18 heavy (non-hydrogen) atoms. The zero-order valence-corrected chi connectivity index (χ0v) is 11.3. The third-order valence-electron chi connectivity index (χ3n) is 2.07. The summed E-state index contributed by atoms with van der Waals surface area (Å²) in [7, 11) is 3.95. The molecule has 1 N–H and O–H groups in total. The van der Waals surface area contributed by atoms with Crippen LogP contribution < -0.4 is 5.32 Å². The van der Waals surface area contributed by atoms with Crippen LogP contribution in [0.1, 0.15) is 10.5 Å². The Labute approximate surface area is 111 Å². The summed E-state index contributed by atoms with van der Waals surface area (Å²) in [5, 5.41) is 2.95. The van der Waals surface area contributed by atoms with Crippen LogP contribution in [0, 0.1) is 0 Å². The van der Waals surface area contributed by atoms with Crippen molar-refractivity contribution < 1.29 is 9.53 Å². The Hall–Kier alpha value is -1.24. The molecule has 1 aromatic heterocycles. The van der Waals surface area contributed by atoms with Crippen LogP contribution in [0.5, 0.6) is 0 Å². The minimum absolute atomic E-state index is 0.243. The van der Waals surface area contributed by atoms with E-state index >= 15 is 0 Å². The Morgan fingerprint density at radius 2 is 2.17 bits per heavy atom. The van der Waals surface area contributed by atoms with E-state index in [1.165, 1.54) is 12.4 Å². The van der Waals surface area contributed by atoms with Gasteiger partial charge < -0.3 is 15.0 Å². The van der Waals surface area contributed by atoms with E-state index in [0.29, 0.717) is 19.8 Å². The molecule has 0 atom stereocenters. The summed E-state index contributed by atoms with van der Waals surface area (Å²) in [6, 6.07) is 0. The van der Waals surface area contributed by atoms with Gasteiger partial charge in [-0.05, 0) is 14.1 Å². The van der Waals surface area contributed by atoms with Crippen LogP contribution in [-0.4, -0.2) is 61.2 Å². The first-order chi connectivity index (χ1) is 8.59. The molecule has 0 bridgehead atoms. The van der Waals surface area contributed by atoms with Crippen LogP contribution in [0.15, 0.2) is 12.4 Å². The largest absolute Gasteiger partial charge is 0.378 e. The standard InChI is InChI=1S/C11H17ClN4O2/c1-16(2)4-6-18-5-3-13-11(17)9-7-15-10(12)8-14-9/h7-8H,3-6H2,1-2H3,(H,13,17). The fourth-order valence-corrected chi connectivity index (χ4v) is 1.20. The summed E-state index contributed by atoms with van der Waals surface area (Å²) >= 11 is 5.57. The lowest BCUT2D eigenvalue weighted by Gasteiger charge is -2.10. The van der Waals surface area contributed by atoms with Gasteiger partial charge in [0.2, 0.25) is 0 Å². The minimum Gasteiger partial charge on any atom is -0.378 e. The normalized spacial score (nSPS) is 10.7. The van der Waals surface area contributed by atoms with E-state index in [1.807, 2.05) is 19.0 Å². The molecule has 7 heteroatoms. The molecular formula is C11H17ClN4O2. The van der Waals surface area contributed by atoms with E-state index in [1.54, 1.807) is 0 Å².